The number of halogens is 2. The highest BCUT2D eigenvalue weighted by molar-refractivity contribution is 8.02. The van der Waals surface area contributed by atoms with Crippen LogP contribution >= 0.6 is 18.9 Å². The zero-order chi connectivity index (χ0) is 32.1. The first kappa shape index (κ1) is 32.5. The molecule has 0 atom stereocenters. The Morgan fingerprint density at radius 3 is 1.38 bits per heavy atom. The van der Waals surface area contributed by atoms with Gasteiger partial charge in [0.15, 0.2) is 7.26 Å². The van der Waals surface area contributed by atoms with E-state index in [-0.39, 0.29) is 15.9 Å². The molecule has 0 aliphatic heterocycles. The van der Waals surface area contributed by atoms with Crippen molar-refractivity contribution >= 4 is 50.0 Å². The first-order valence-corrected chi connectivity index (χ1v) is 18.1. The molecule has 1 aromatic heterocycles. The van der Waals surface area contributed by atoms with Crippen LogP contribution in [0.15, 0.2) is 160 Å². The van der Waals surface area contributed by atoms with E-state index in [0.29, 0.717) is 16.0 Å². The van der Waals surface area contributed by atoms with E-state index in [1.54, 1.807) is 12.1 Å². The molecule has 6 rings (SSSR count). The van der Waals surface area contributed by atoms with Gasteiger partial charge < -0.3 is 4.42 Å². The fourth-order valence-electron chi connectivity index (χ4n) is 4.88. The van der Waals surface area contributed by atoms with Gasteiger partial charge in [-0.15, -0.1) is 10.2 Å². The van der Waals surface area contributed by atoms with Gasteiger partial charge in [-0.3, -0.25) is 0 Å². The summed E-state index contributed by atoms with van der Waals surface area (Å²) >= 11 is 6.11. The summed E-state index contributed by atoms with van der Waals surface area (Å²) in [4.78, 5) is 5.15. The van der Waals surface area contributed by atoms with Gasteiger partial charge in [0, 0.05) is 10.6 Å². The van der Waals surface area contributed by atoms with Crippen LogP contribution in [0.3, 0.4) is 0 Å². The molecule has 0 fully saturated rings. The number of benzene rings is 5. The lowest BCUT2D eigenvalue weighted by molar-refractivity contribution is -2.00. The largest absolute Gasteiger partial charge is 0.420 e. The summed E-state index contributed by atoms with van der Waals surface area (Å²) in [7, 11) is -12.0. The van der Waals surface area contributed by atoms with Gasteiger partial charge in [-0.2, -0.15) is 4.98 Å². The van der Waals surface area contributed by atoms with Crippen molar-refractivity contribution in [2.24, 2.45) is 0 Å². The minimum Gasteiger partial charge on any atom is -0.420 e. The summed E-state index contributed by atoms with van der Waals surface area (Å²) < 4.78 is 69.1. The molecule has 0 radical (unpaired) electrons. The first-order chi connectivity index (χ1) is 21.5. The Morgan fingerprint density at radius 1 is 0.600 bits per heavy atom. The molecule has 0 aliphatic carbocycles. The molecule has 0 saturated carbocycles. The fourth-order valence-corrected chi connectivity index (χ4v) is 11.0. The summed E-state index contributed by atoms with van der Waals surface area (Å²) in [5, 5.41) is 3.17. The number of hydrogen-bond acceptors (Lipinski definition) is 8. The summed E-state index contributed by atoms with van der Waals surface area (Å²) in [6.45, 7) is 0. The summed E-state index contributed by atoms with van der Waals surface area (Å²) in [6, 6.07) is 45.5. The molecule has 0 N–H and O–H groups in total. The minimum absolute atomic E-state index is 0.0844. The molecule has 0 amide bonds. The second-order valence-corrected chi connectivity index (χ2v) is 15.9. The lowest BCUT2D eigenvalue weighted by Gasteiger charge is -2.25. The Hall–Kier alpha value is -3.89. The number of sulfone groups is 1. The predicted octanol–water partition coefficient (Wildman–Crippen LogP) is 1.69. The SMILES string of the molecule is O=S(=O)(c1ccc(Cl)cc1)c1oc(-c2ccccc2)nc1[P+](c1ccccc1)(c1ccccc1)c1ccccc1.[O-][Cl+3]([O-])([O-])[O-]. The smallest absolute Gasteiger partial charge is 0.288 e. The van der Waals surface area contributed by atoms with Gasteiger partial charge in [0.2, 0.25) is 15.7 Å². The van der Waals surface area contributed by atoms with Gasteiger partial charge in [-0.05, 0) is 72.8 Å². The van der Waals surface area contributed by atoms with Gasteiger partial charge in [-0.1, -0.05) is 84.4 Å². The standard InChI is InChI=1S/C33H24ClNO3PS.ClHO4/c34-26-21-23-30(24-22-26)40(36,37)33-32(35-31(38-33)25-13-5-1-6-14-25)39(27-15-7-2-8-16-27,28-17-9-3-10-18-28)29-19-11-4-12-20-29;2-1(3,4)5/h1-24H;(H,2,3,4,5)/q+1;/p-1. The van der Waals surface area contributed by atoms with Gasteiger partial charge in [0.1, 0.15) is 15.9 Å². The lowest BCUT2D eigenvalue weighted by Crippen LogP contribution is -2.68. The molecular formula is C33H24Cl2NO7PS. The van der Waals surface area contributed by atoms with E-state index in [9.17, 15) is 8.42 Å². The van der Waals surface area contributed by atoms with E-state index in [1.807, 2.05) is 121 Å². The van der Waals surface area contributed by atoms with E-state index in [0.717, 1.165) is 15.9 Å². The maximum atomic E-state index is 14.4. The average Bonchev–Trinajstić information content (AvgIpc) is 3.50. The van der Waals surface area contributed by atoms with Crippen LogP contribution in [0.5, 0.6) is 0 Å². The van der Waals surface area contributed by atoms with E-state index in [1.165, 1.54) is 12.1 Å². The zero-order valence-corrected chi connectivity index (χ0v) is 26.5. The van der Waals surface area contributed by atoms with Crippen molar-refractivity contribution < 1.29 is 41.7 Å². The van der Waals surface area contributed by atoms with Crippen molar-refractivity contribution in [2.75, 3.05) is 0 Å². The number of hydrogen-bond donors (Lipinski definition) is 0. The first-order valence-electron chi connectivity index (χ1n) is 13.3. The Morgan fingerprint density at radius 2 is 0.978 bits per heavy atom. The van der Waals surface area contributed by atoms with Crippen molar-refractivity contribution in [1.29, 1.82) is 0 Å². The molecule has 228 valence electrons. The van der Waals surface area contributed by atoms with E-state index in [4.69, 9.17) is 39.6 Å². The zero-order valence-electron chi connectivity index (χ0n) is 23.3. The normalized spacial score (nSPS) is 11.8. The molecule has 45 heavy (non-hydrogen) atoms. The third-order valence-corrected chi connectivity index (χ3v) is 12.9. The van der Waals surface area contributed by atoms with Crippen LogP contribution in [-0.4, -0.2) is 13.4 Å². The summed E-state index contributed by atoms with van der Waals surface area (Å²) in [5.74, 6) is 0.246. The maximum Gasteiger partial charge on any atom is 0.288 e. The van der Waals surface area contributed by atoms with Crippen LogP contribution in [0.2, 0.25) is 5.02 Å². The van der Waals surface area contributed by atoms with Crippen LogP contribution < -0.4 is 40.0 Å². The predicted molar refractivity (Wildman–Crippen MR) is 164 cm³/mol. The number of aromatic nitrogens is 1. The second-order valence-electron chi connectivity index (χ2n) is 9.51. The maximum absolute atomic E-state index is 14.4. The van der Waals surface area contributed by atoms with Crippen molar-refractivity contribution in [1.82, 2.24) is 4.98 Å². The van der Waals surface area contributed by atoms with Crippen molar-refractivity contribution in [3.8, 4) is 11.5 Å². The number of rotatable bonds is 7. The third kappa shape index (κ3) is 7.17. The monoisotopic (exact) mass is 679 g/mol. The molecule has 0 unspecified atom stereocenters. The highest BCUT2D eigenvalue weighted by atomic mass is 35.7. The molecule has 0 saturated heterocycles. The van der Waals surface area contributed by atoms with Crippen LogP contribution in [0, 0.1) is 10.2 Å². The highest BCUT2D eigenvalue weighted by Crippen LogP contribution is 2.55. The minimum atomic E-state index is -4.94. The molecular weight excluding hydrogens is 656 g/mol. The quantitative estimate of drug-likeness (QED) is 0.231. The van der Waals surface area contributed by atoms with Crippen LogP contribution in [0.25, 0.3) is 11.5 Å². The molecule has 0 aliphatic rings. The topological polar surface area (TPSA) is 152 Å². The van der Waals surface area contributed by atoms with Gasteiger partial charge in [0.05, 0.1) is 4.90 Å². The van der Waals surface area contributed by atoms with Crippen LogP contribution in [0.1, 0.15) is 0 Å². The number of oxazole rings is 1. The molecule has 6 aromatic rings. The number of nitrogens with zero attached hydrogens (tertiary/aromatic N) is 1. The van der Waals surface area contributed by atoms with Crippen molar-refractivity contribution in [2.45, 2.75) is 9.99 Å². The Balaban J connectivity index is 0.000000743. The van der Waals surface area contributed by atoms with E-state index < -0.39 is 27.3 Å². The van der Waals surface area contributed by atoms with Gasteiger partial charge in [-0.25, -0.2) is 27.1 Å². The van der Waals surface area contributed by atoms with Gasteiger partial charge in [0.25, 0.3) is 10.5 Å². The average molecular weight is 681 g/mol. The molecule has 5 aromatic carbocycles. The Bertz CT molecular complexity index is 1850. The van der Waals surface area contributed by atoms with Crippen molar-refractivity contribution in [3.05, 3.63) is 151 Å². The van der Waals surface area contributed by atoms with Crippen LogP contribution in [0.4, 0.5) is 0 Å². The molecule has 0 bridgehead atoms. The third-order valence-electron chi connectivity index (χ3n) is 6.72. The van der Waals surface area contributed by atoms with Gasteiger partial charge >= 0.3 is 0 Å². The fraction of sp³-hybridized carbons (Fsp3) is 0. The highest BCUT2D eigenvalue weighted by Gasteiger charge is 2.55. The second kappa shape index (κ2) is 13.6. The Labute approximate surface area is 267 Å². The molecule has 0 spiro atoms. The lowest BCUT2D eigenvalue weighted by atomic mass is 10.2. The summed E-state index contributed by atoms with van der Waals surface area (Å²) in [5.41, 5.74) is 1.08. The van der Waals surface area contributed by atoms with E-state index in [2.05, 4.69) is 0 Å². The van der Waals surface area contributed by atoms with Crippen molar-refractivity contribution in [3.63, 3.8) is 0 Å². The molecule has 1 heterocycles. The van der Waals surface area contributed by atoms with E-state index >= 15 is 0 Å². The van der Waals surface area contributed by atoms with Crippen LogP contribution in [-0.2, 0) is 9.84 Å². The Kier molecular flexibility index (Phi) is 9.84. The summed E-state index contributed by atoms with van der Waals surface area (Å²) in [6.07, 6.45) is 0. The molecule has 12 heteroatoms. The molecule has 8 nitrogen and oxygen atoms in total.